The molecule has 1 amide bonds. The molecule has 0 bridgehead atoms. The van der Waals surface area contributed by atoms with Crippen molar-refractivity contribution >= 4 is 23.5 Å². The molecule has 1 fully saturated rings. The first-order chi connectivity index (χ1) is 16.5. The Kier molecular flexibility index (Phi) is 8.66. The van der Waals surface area contributed by atoms with E-state index in [1.165, 1.54) is 30.3 Å². The number of hydrogen-bond donors (Lipinski definition) is 2. The van der Waals surface area contributed by atoms with E-state index in [9.17, 15) is 27.9 Å². The van der Waals surface area contributed by atoms with Crippen LogP contribution in [0.4, 0.5) is 13.2 Å². The van der Waals surface area contributed by atoms with Gasteiger partial charge < -0.3 is 19.8 Å². The molecule has 1 atom stereocenters. The number of carbonyl (C=O) groups is 2. The van der Waals surface area contributed by atoms with Crippen molar-refractivity contribution in [3.8, 4) is 5.75 Å². The van der Waals surface area contributed by atoms with E-state index in [-0.39, 0.29) is 29.6 Å². The van der Waals surface area contributed by atoms with Gasteiger partial charge in [0.1, 0.15) is 5.75 Å². The molecule has 1 unspecified atom stereocenters. The van der Waals surface area contributed by atoms with Crippen molar-refractivity contribution in [3.63, 3.8) is 0 Å². The zero-order chi connectivity index (χ0) is 25.6. The number of carboxylic acids is 1. The highest BCUT2D eigenvalue weighted by Gasteiger charge is 2.62. The third-order valence-corrected chi connectivity index (χ3v) is 6.57. The number of amides is 1. The maximum Gasteiger partial charge on any atom is 0.430 e. The molecule has 6 nitrogen and oxygen atoms in total. The lowest BCUT2D eigenvalue weighted by molar-refractivity contribution is -0.262. The molecule has 0 saturated carbocycles. The SMILES string of the molecule is O=C(O)c1ccc(OCCCCC2CCN(C(=O)C(O)(c3ccccc3)C(F)(F)F)CC2)cc1Cl. The van der Waals surface area contributed by atoms with Gasteiger partial charge in [-0.3, -0.25) is 4.79 Å². The first kappa shape index (κ1) is 26.8. The number of likely N-dealkylation sites (tertiary alicyclic amines) is 1. The molecular weight excluding hydrogens is 487 g/mol. The molecule has 190 valence electrons. The van der Waals surface area contributed by atoms with E-state index in [4.69, 9.17) is 21.4 Å². The molecule has 10 heteroatoms. The van der Waals surface area contributed by atoms with E-state index in [1.54, 1.807) is 6.07 Å². The van der Waals surface area contributed by atoms with Crippen molar-refractivity contribution in [1.82, 2.24) is 4.90 Å². The smallest absolute Gasteiger partial charge is 0.430 e. The summed E-state index contributed by atoms with van der Waals surface area (Å²) in [7, 11) is 0. The molecule has 0 aliphatic carbocycles. The van der Waals surface area contributed by atoms with Crippen LogP contribution in [0.25, 0.3) is 0 Å². The van der Waals surface area contributed by atoms with E-state index in [2.05, 4.69) is 0 Å². The summed E-state index contributed by atoms with van der Waals surface area (Å²) >= 11 is 5.92. The summed E-state index contributed by atoms with van der Waals surface area (Å²) in [5, 5.41) is 19.6. The van der Waals surface area contributed by atoms with Crippen LogP contribution in [0.2, 0.25) is 5.02 Å². The second kappa shape index (κ2) is 11.3. The normalized spacial score (nSPS) is 16.5. The third kappa shape index (κ3) is 6.27. The zero-order valence-electron chi connectivity index (χ0n) is 18.9. The lowest BCUT2D eigenvalue weighted by atomic mass is 9.88. The number of aromatic carboxylic acids is 1. The second-order valence-electron chi connectivity index (χ2n) is 8.60. The summed E-state index contributed by atoms with van der Waals surface area (Å²) in [4.78, 5) is 24.9. The van der Waals surface area contributed by atoms with Gasteiger partial charge in [0.25, 0.3) is 11.5 Å². The Morgan fingerprint density at radius 3 is 2.29 bits per heavy atom. The number of carboxylic acid groups (broad SMARTS) is 1. The van der Waals surface area contributed by atoms with Gasteiger partial charge in [-0.25, -0.2) is 4.79 Å². The lowest BCUT2D eigenvalue weighted by Crippen LogP contribution is -2.57. The highest BCUT2D eigenvalue weighted by Crippen LogP contribution is 2.41. The minimum absolute atomic E-state index is 0.00119. The van der Waals surface area contributed by atoms with Gasteiger partial charge in [-0.2, -0.15) is 13.2 Å². The van der Waals surface area contributed by atoms with Crippen LogP contribution < -0.4 is 4.74 Å². The van der Waals surface area contributed by atoms with Gasteiger partial charge in [0.15, 0.2) is 0 Å². The Labute approximate surface area is 206 Å². The number of carbonyl (C=O) groups excluding carboxylic acids is 1. The van der Waals surface area contributed by atoms with Crippen LogP contribution in [-0.4, -0.2) is 52.9 Å². The number of ether oxygens (including phenoxy) is 1. The first-order valence-corrected chi connectivity index (χ1v) is 11.7. The van der Waals surface area contributed by atoms with Crippen LogP contribution >= 0.6 is 11.6 Å². The molecule has 0 spiro atoms. The van der Waals surface area contributed by atoms with Gasteiger partial charge in [0.2, 0.25) is 0 Å². The highest BCUT2D eigenvalue weighted by molar-refractivity contribution is 6.33. The molecule has 1 aliphatic heterocycles. The fourth-order valence-electron chi connectivity index (χ4n) is 4.23. The third-order valence-electron chi connectivity index (χ3n) is 6.26. The molecule has 2 aromatic carbocycles. The zero-order valence-corrected chi connectivity index (χ0v) is 19.7. The summed E-state index contributed by atoms with van der Waals surface area (Å²) in [6, 6.07) is 10.8. The quantitative estimate of drug-likeness (QED) is 0.446. The number of piperidine rings is 1. The number of halogens is 4. The Morgan fingerprint density at radius 2 is 1.71 bits per heavy atom. The van der Waals surface area contributed by atoms with E-state index in [0.29, 0.717) is 25.2 Å². The van der Waals surface area contributed by atoms with Gasteiger partial charge in [0, 0.05) is 18.7 Å². The molecule has 2 N–H and O–H groups in total. The van der Waals surface area contributed by atoms with Crippen LogP contribution in [0.5, 0.6) is 5.75 Å². The predicted octanol–water partition coefficient (Wildman–Crippen LogP) is 5.28. The molecule has 2 aromatic rings. The minimum Gasteiger partial charge on any atom is -0.494 e. The number of alkyl halides is 3. The minimum atomic E-state index is -5.14. The predicted molar refractivity (Wildman–Crippen MR) is 123 cm³/mol. The Balaban J connectivity index is 1.45. The fraction of sp³-hybridized carbons (Fsp3) is 0.440. The number of rotatable bonds is 9. The molecule has 1 aliphatic rings. The topological polar surface area (TPSA) is 87.1 Å². The van der Waals surface area contributed by atoms with Crippen molar-refractivity contribution in [1.29, 1.82) is 0 Å². The van der Waals surface area contributed by atoms with Crippen molar-refractivity contribution in [2.24, 2.45) is 5.92 Å². The Bertz CT molecular complexity index is 1030. The van der Waals surface area contributed by atoms with Crippen molar-refractivity contribution in [3.05, 3.63) is 64.7 Å². The van der Waals surface area contributed by atoms with E-state index >= 15 is 0 Å². The second-order valence-corrected chi connectivity index (χ2v) is 9.01. The number of unbranched alkanes of at least 4 members (excludes halogenated alkanes) is 1. The van der Waals surface area contributed by atoms with Crippen LogP contribution in [0, 0.1) is 5.92 Å². The average Bonchev–Trinajstić information content (AvgIpc) is 2.83. The van der Waals surface area contributed by atoms with Crippen molar-refractivity contribution in [2.45, 2.75) is 43.9 Å². The van der Waals surface area contributed by atoms with E-state index in [1.807, 2.05) is 0 Å². The summed E-state index contributed by atoms with van der Waals surface area (Å²) in [5.41, 5.74) is -4.05. The summed E-state index contributed by atoms with van der Waals surface area (Å²) in [6.07, 6.45) is -1.62. The van der Waals surface area contributed by atoms with Gasteiger partial charge in [-0.1, -0.05) is 48.4 Å². The largest absolute Gasteiger partial charge is 0.494 e. The van der Waals surface area contributed by atoms with E-state index < -0.39 is 29.2 Å². The van der Waals surface area contributed by atoms with Crippen molar-refractivity contribution in [2.75, 3.05) is 19.7 Å². The van der Waals surface area contributed by atoms with Crippen LogP contribution in [0.1, 0.15) is 48.0 Å². The molecule has 1 saturated heterocycles. The molecular formula is C25H27ClF3NO5. The van der Waals surface area contributed by atoms with Crippen molar-refractivity contribution < 1.29 is 37.7 Å². The maximum absolute atomic E-state index is 13.8. The monoisotopic (exact) mass is 513 g/mol. The molecule has 35 heavy (non-hydrogen) atoms. The molecule has 0 aromatic heterocycles. The van der Waals surface area contributed by atoms with Gasteiger partial charge in [0.05, 0.1) is 17.2 Å². The summed E-state index contributed by atoms with van der Waals surface area (Å²) in [5.74, 6) is -1.71. The highest BCUT2D eigenvalue weighted by atomic mass is 35.5. The molecule has 3 rings (SSSR count). The van der Waals surface area contributed by atoms with Crippen LogP contribution in [-0.2, 0) is 10.4 Å². The fourth-order valence-corrected chi connectivity index (χ4v) is 4.48. The van der Waals surface area contributed by atoms with Crippen LogP contribution in [0.3, 0.4) is 0 Å². The van der Waals surface area contributed by atoms with Gasteiger partial charge in [-0.05, 0) is 49.8 Å². The average molecular weight is 514 g/mol. The number of aliphatic hydroxyl groups is 1. The lowest BCUT2D eigenvalue weighted by Gasteiger charge is -2.38. The standard InChI is InChI=1S/C25H27ClF3NO5/c26-21-16-19(9-10-20(21)22(31)32)35-15-5-4-6-17-11-13-30(14-12-17)23(33)24(34,25(27,28)29)18-7-2-1-3-8-18/h1-3,7-10,16-17,34H,4-6,11-15H2,(H,31,32). The Morgan fingerprint density at radius 1 is 1.06 bits per heavy atom. The molecule has 1 heterocycles. The number of benzene rings is 2. The number of nitrogens with zero attached hydrogens (tertiary/aromatic N) is 1. The maximum atomic E-state index is 13.8. The number of hydrogen-bond acceptors (Lipinski definition) is 4. The molecule has 0 radical (unpaired) electrons. The van der Waals surface area contributed by atoms with Gasteiger partial charge >= 0.3 is 12.1 Å². The van der Waals surface area contributed by atoms with E-state index in [0.717, 1.165) is 36.3 Å². The summed E-state index contributed by atoms with van der Waals surface area (Å²) < 4.78 is 46.9. The van der Waals surface area contributed by atoms with Gasteiger partial charge in [-0.15, -0.1) is 0 Å². The van der Waals surface area contributed by atoms with Crippen LogP contribution in [0.15, 0.2) is 48.5 Å². The summed E-state index contributed by atoms with van der Waals surface area (Å²) in [6.45, 7) is 0.717. The Hall–Kier alpha value is -2.78. The first-order valence-electron chi connectivity index (χ1n) is 11.3.